The Balaban J connectivity index is 1.54. The SMILES string of the molecule is CCOc1ccc([C@@H]2C(C(=O)OC)=CN=c3s/c(=C\c4ccc(OCc5ccc(Cl)cc5Cl)c(OCC)c4)c(=O)n32)cc1OCC. The molecule has 0 unspecified atom stereocenters. The van der Waals surface area contributed by atoms with Crippen LogP contribution >= 0.6 is 34.5 Å². The number of thiazole rings is 1. The van der Waals surface area contributed by atoms with E-state index in [4.69, 9.17) is 46.9 Å². The van der Waals surface area contributed by atoms with E-state index in [9.17, 15) is 9.59 Å². The molecule has 4 aromatic rings. The number of carbonyl (C=O) groups is 1. The maximum Gasteiger partial charge on any atom is 0.337 e. The summed E-state index contributed by atoms with van der Waals surface area (Å²) in [6.07, 6.45) is 3.21. The summed E-state index contributed by atoms with van der Waals surface area (Å²) in [6, 6.07) is 15.2. The first-order chi connectivity index (χ1) is 22.3. The Bertz CT molecular complexity index is 1970. The minimum Gasteiger partial charge on any atom is -0.490 e. The van der Waals surface area contributed by atoms with E-state index in [0.29, 0.717) is 73.3 Å². The average Bonchev–Trinajstić information content (AvgIpc) is 3.36. The van der Waals surface area contributed by atoms with Crippen LogP contribution < -0.4 is 33.8 Å². The number of nitrogens with zero attached hydrogens (tertiary/aromatic N) is 2. The Morgan fingerprint density at radius 2 is 1.57 bits per heavy atom. The van der Waals surface area contributed by atoms with Crippen molar-refractivity contribution in [2.45, 2.75) is 33.4 Å². The van der Waals surface area contributed by atoms with Crippen LogP contribution in [0.5, 0.6) is 23.0 Å². The van der Waals surface area contributed by atoms with Gasteiger partial charge in [-0.3, -0.25) is 9.36 Å². The smallest absolute Gasteiger partial charge is 0.337 e. The Morgan fingerprint density at radius 1 is 0.891 bits per heavy atom. The summed E-state index contributed by atoms with van der Waals surface area (Å²) in [7, 11) is 1.29. The van der Waals surface area contributed by atoms with Crippen LogP contribution in [0, 0.1) is 0 Å². The van der Waals surface area contributed by atoms with Gasteiger partial charge in [0.05, 0.1) is 43.1 Å². The van der Waals surface area contributed by atoms with Crippen molar-refractivity contribution < 1.29 is 28.5 Å². The van der Waals surface area contributed by atoms with Gasteiger partial charge in [-0.05, 0) is 74.4 Å². The van der Waals surface area contributed by atoms with Crippen LogP contribution in [0.2, 0.25) is 10.0 Å². The van der Waals surface area contributed by atoms with Crippen LogP contribution in [0.4, 0.5) is 0 Å². The second-order valence-corrected chi connectivity index (χ2v) is 11.8. The molecule has 0 bridgehead atoms. The molecule has 0 amide bonds. The molecular formula is C34H32Cl2N2O7S. The van der Waals surface area contributed by atoms with Crippen molar-refractivity contribution in [3.63, 3.8) is 0 Å². The number of halogens is 2. The molecule has 46 heavy (non-hydrogen) atoms. The summed E-state index contributed by atoms with van der Waals surface area (Å²) in [5.74, 6) is 1.52. The van der Waals surface area contributed by atoms with Gasteiger partial charge < -0.3 is 23.7 Å². The minimum absolute atomic E-state index is 0.215. The highest BCUT2D eigenvalue weighted by atomic mass is 35.5. The highest BCUT2D eigenvalue weighted by Gasteiger charge is 2.31. The number of fused-ring (bicyclic) bond motifs is 1. The number of rotatable bonds is 12. The van der Waals surface area contributed by atoms with Crippen LogP contribution in [0.15, 0.2) is 76.2 Å². The van der Waals surface area contributed by atoms with Gasteiger partial charge >= 0.3 is 5.97 Å². The maximum absolute atomic E-state index is 14.0. The third-order valence-corrected chi connectivity index (χ3v) is 8.56. The number of ether oxygens (including phenoxy) is 5. The largest absolute Gasteiger partial charge is 0.490 e. The average molecular weight is 684 g/mol. The summed E-state index contributed by atoms with van der Waals surface area (Å²) < 4.78 is 30.4. The molecule has 0 saturated carbocycles. The zero-order valence-corrected chi connectivity index (χ0v) is 28.0. The first-order valence-electron chi connectivity index (χ1n) is 14.6. The molecule has 0 fully saturated rings. The van der Waals surface area contributed by atoms with Crippen molar-refractivity contribution in [3.8, 4) is 23.0 Å². The van der Waals surface area contributed by atoms with Gasteiger partial charge in [0.15, 0.2) is 27.8 Å². The first-order valence-corrected chi connectivity index (χ1v) is 16.2. The Morgan fingerprint density at radius 3 is 2.26 bits per heavy atom. The van der Waals surface area contributed by atoms with Crippen molar-refractivity contribution in [2.24, 2.45) is 4.99 Å². The highest BCUT2D eigenvalue weighted by molar-refractivity contribution is 7.07. The minimum atomic E-state index is -0.796. The van der Waals surface area contributed by atoms with E-state index in [1.165, 1.54) is 29.2 Å². The van der Waals surface area contributed by atoms with E-state index in [1.807, 2.05) is 39.0 Å². The fourth-order valence-corrected chi connectivity index (χ4v) is 6.37. The number of methoxy groups -OCH3 is 1. The van der Waals surface area contributed by atoms with Gasteiger partial charge in [0.1, 0.15) is 6.61 Å². The molecule has 0 aliphatic carbocycles. The fourth-order valence-electron chi connectivity index (χ4n) is 4.93. The van der Waals surface area contributed by atoms with E-state index < -0.39 is 12.0 Å². The van der Waals surface area contributed by atoms with Gasteiger partial charge in [-0.1, -0.05) is 52.7 Å². The van der Waals surface area contributed by atoms with Crippen LogP contribution in [0.25, 0.3) is 6.08 Å². The van der Waals surface area contributed by atoms with Crippen molar-refractivity contribution >= 4 is 46.6 Å². The molecular weight excluding hydrogens is 651 g/mol. The van der Waals surface area contributed by atoms with E-state index in [0.717, 1.165) is 5.56 Å². The standard InChI is InChI=1S/C34H32Cl2N2O7S/c1-5-42-26-13-10-21(16-29(26)44-7-3)31-24(33(40)41-4)18-37-34-38(31)32(39)30(46-34)15-20-8-12-27(28(14-20)43-6-2)45-19-22-9-11-23(35)17-25(22)36/h8-18,31H,5-7,19H2,1-4H3/b30-15-/t31-/m1/s1. The molecule has 5 rings (SSSR count). The molecule has 2 heterocycles. The summed E-state index contributed by atoms with van der Waals surface area (Å²) in [4.78, 5) is 31.8. The van der Waals surface area contributed by atoms with Crippen LogP contribution in [0.3, 0.4) is 0 Å². The molecule has 0 radical (unpaired) electrons. The summed E-state index contributed by atoms with van der Waals surface area (Å²) >= 11 is 13.5. The molecule has 1 aromatic heterocycles. The third-order valence-electron chi connectivity index (χ3n) is 6.97. The molecule has 12 heteroatoms. The number of aromatic nitrogens is 1. The molecule has 0 N–H and O–H groups in total. The number of hydrogen-bond acceptors (Lipinski definition) is 9. The van der Waals surface area contributed by atoms with Crippen molar-refractivity contribution in [1.82, 2.24) is 4.57 Å². The van der Waals surface area contributed by atoms with Gasteiger partial charge in [0.25, 0.3) is 5.56 Å². The second-order valence-electron chi connectivity index (χ2n) is 9.91. The van der Waals surface area contributed by atoms with Crippen molar-refractivity contribution in [3.05, 3.63) is 113 Å². The molecule has 1 atom stereocenters. The number of benzene rings is 3. The third kappa shape index (κ3) is 7.09. The van der Waals surface area contributed by atoms with Gasteiger partial charge in [-0.15, -0.1) is 0 Å². The topological polar surface area (TPSA) is 97.6 Å². The Kier molecular flexibility index (Phi) is 10.7. The Hall–Kier alpha value is -4.25. The lowest BCUT2D eigenvalue weighted by Crippen LogP contribution is -2.39. The van der Waals surface area contributed by atoms with Gasteiger partial charge in [0.2, 0.25) is 0 Å². The van der Waals surface area contributed by atoms with Crippen LogP contribution in [-0.2, 0) is 16.1 Å². The van der Waals surface area contributed by atoms with E-state index in [2.05, 4.69) is 4.99 Å². The monoisotopic (exact) mass is 682 g/mol. The predicted molar refractivity (Wildman–Crippen MR) is 178 cm³/mol. The highest BCUT2D eigenvalue weighted by Crippen LogP contribution is 2.35. The second kappa shape index (κ2) is 14.9. The number of carbonyl (C=O) groups excluding carboxylic acids is 1. The summed E-state index contributed by atoms with van der Waals surface area (Å²) in [5.41, 5.74) is 2.04. The zero-order valence-electron chi connectivity index (χ0n) is 25.7. The quantitative estimate of drug-likeness (QED) is 0.167. The predicted octanol–water partition coefficient (Wildman–Crippen LogP) is 6.10. The molecule has 9 nitrogen and oxygen atoms in total. The normalized spacial score (nSPS) is 14.2. The molecule has 240 valence electrons. The molecule has 1 aliphatic rings. The van der Waals surface area contributed by atoms with E-state index >= 15 is 0 Å². The van der Waals surface area contributed by atoms with Gasteiger partial charge in [0, 0.05) is 21.8 Å². The van der Waals surface area contributed by atoms with Crippen LogP contribution in [-0.4, -0.2) is 37.5 Å². The van der Waals surface area contributed by atoms with E-state index in [-0.39, 0.29) is 17.7 Å². The number of esters is 1. The lowest BCUT2D eigenvalue weighted by atomic mass is 9.97. The molecule has 1 aliphatic heterocycles. The molecule has 3 aromatic carbocycles. The van der Waals surface area contributed by atoms with Crippen molar-refractivity contribution in [2.75, 3.05) is 26.9 Å². The van der Waals surface area contributed by atoms with Crippen molar-refractivity contribution in [1.29, 1.82) is 0 Å². The van der Waals surface area contributed by atoms with Gasteiger partial charge in [-0.2, -0.15) is 0 Å². The maximum atomic E-state index is 14.0. The fraction of sp³-hybridized carbons (Fsp3) is 0.265. The molecule has 0 saturated heterocycles. The number of hydrogen-bond donors (Lipinski definition) is 0. The first kappa shape index (κ1) is 33.1. The zero-order chi connectivity index (χ0) is 32.8. The summed E-state index contributed by atoms with van der Waals surface area (Å²) in [6.45, 7) is 7.12. The van der Waals surface area contributed by atoms with E-state index in [1.54, 1.807) is 42.5 Å². The van der Waals surface area contributed by atoms with Gasteiger partial charge in [-0.25, -0.2) is 9.79 Å². The molecule has 0 spiro atoms. The lowest BCUT2D eigenvalue weighted by molar-refractivity contribution is -0.136. The van der Waals surface area contributed by atoms with Crippen LogP contribution in [0.1, 0.15) is 43.5 Å². The summed E-state index contributed by atoms with van der Waals surface area (Å²) in [5, 5.41) is 1.05. The Labute approximate surface area is 279 Å². The lowest BCUT2D eigenvalue weighted by Gasteiger charge is -2.23.